The lowest BCUT2D eigenvalue weighted by Crippen LogP contribution is -2.27. The normalized spacial score (nSPS) is 12.9. The fourth-order valence-electron chi connectivity index (χ4n) is 3.03. The van der Waals surface area contributed by atoms with E-state index >= 15 is 0 Å². The van der Waals surface area contributed by atoms with Crippen LogP contribution in [-0.2, 0) is 28.8 Å². The van der Waals surface area contributed by atoms with E-state index in [0.29, 0.717) is 22.4 Å². The highest BCUT2D eigenvalue weighted by atomic mass is 32.1. The number of anilines is 1. The Kier molecular flexibility index (Phi) is 4.75. The maximum atomic E-state index is 12.8. The summed E-state index contributed by atoms with van der Waals surface area (Å²) in [7, 11) is 0. The first-order chi connectivity index (χ1) is 13.1. The van der Waals surface area contributed by atoms with Gasteiger partial charge in [0.2, 0.25) is 0 Å². The smallest absolute Gasteiger partial charge is 0.311 e. The van der Waals surface area contributed by atoms with Crippen LogP contribution in [0.25, 0.3) is 4.96 Å². The molecule has 0 fully saturated rings. The summed E-state index contributed by atoms with van der Waals surface area (Å²) in [4.78, 5) is 47.1. The van der Waals surface area contributed by atoms with E-state index < -0.39 is 5.91 Å². The van der Waals surface area contributed by atoms with E-state index in [1.807, 2.05) is 0 Å². The minimum absolute atomic E-state index is 0.0258. The second kappa shape index (κ2) is 7.20. The third-order valence-electron chi connectivity index (χ3n) is 4.20. The molecule has 0 bridgehead atoms. The number of hydrogen-bond donors (Lipinski definition) is 1. The predicted molar refractivity (Wildman–Crippen MR) is 102 cm³/mol. The number of aryl methyl sites for hydroxylation is 2. The fraction of sp³-hybridized carbons (Fsp3) is 0.353. The molecule has 0 saturated carbocycles. The van der Waals surface area contributed by atoms with Crippen molar-refractivity contribution < 1.29 is 14.3 Å². The molecule has 27 heavy (non-hydrogen) atoms. The van der Waals surface area contributed by atoms with Crippen LogP contribution in [0.5, 0.6) is 0 Å². The third kappa shape index (κ3) is 3.37. The van der Waals surface area contributed by atoms with E-state index in [-0.39, 0.29) is 23.5 Å². The molecule has 10 heteroatoms. The van der Waals surface area contributed by atoms with Crippen molar-refractivity contribution in [1.29, 1.82) is 0 Å². The van der Waals surface area contributed by atoms with Crippen molar-refractivity contribution in [2.75, 3.05) is 11.9 Å². The number of hydrogen-bond acceptors (Lipinski definition) is 8. The summed E-state index contributed by atoms with van der Waals surface area (Å²) in [6.07, 6.45) is 4.14. The predicted octanol–water partition coefficient (Wildman–Crippen LogP) is 2.06. The lowest BCUT2D eigenvalue weighted by molar-refractivity contribution is -0.142. The molecule has 140 valence electrons. The van der Waals surface area contributed by atoms with Gasteiger partial charge in [0.15, 0.2) is 10.1 Å². The Morgan fingerprint density at radius 1 is 1.37 bits per heavy atom. The quantitative estimate of drug-likeness (QED) is 0.653. The van der Waals surface area contributed by atoms with E-state index in [1.165, 1.54) is 33.7 Å². The topological polar surface area (TPSA) is 103 Å². The third-order valence-corrected chi connectivity index (χ3v) is 6.16. The van der Waals surface area contributed by atoms with E-state index in [9.17, 15) is 14.4 Å². The number of rotatable bonds is 5. The van der Waals surface area contributed by atoms with Crippen LogP contribution in [0.4, 0.5) is 5.13 Å². The summed E-state index contributed by atoms with van der Waals surface area (Å²) in [5.41, 5.74) is 1.09. The Balaban J connectivity index is 1.55. The number of thiazole rings is 2. The van der Waals surface area contributed by atoms with Crippen molar-refractivity contribution in [1.82, 2.24) is 14.4 Å². The van der Waals surface area contributed by atoms with Gasteiger partial charge < -0.3 is 4.74 Å². The molecule has 1 aliphatic rings. The molecule has 0 atom stereocenters. The highest BCUT2D eigenvalue weighted by Crippen LogP contribution is 2.29. The second-order valence-corrected chi connectivity index (χ2v) is 7.92. The number of fused-ring (bicyclic) bond motifs is 3. The monoisotopic (exact) mass is 404 g/mol. The van der Waals surface area contributed by atoms with E-state index in [1.54, 1.807) is 16.7 Å². The van der Waals surface area contributed by atoms with Gasteiger partial charge in [-0.25, -0.2) is 9.97 Å². The number of esters is 1. The largest absolute Gasteiger partial charge is 0.466 e. The molecule has 0 aromatic carbocycles. The molecule has 8 nitrogen and oxygen atoms in total. The van der Waals surface area contributed by atoms with Crippen molar-refractivity contribution in [3.8, 4) is 0 Å². The maximum Gasteiger partial charge on any atom is 0.311 e. The fourth-order valence-corrected chi connectivity index (χ4v) is 4.91. The zero-order valence-corrected chi connectivity index (χ0v) is 16.1. The molecule has 1 amide bonds. The Bertz CT molecular complexity index is 1100. The second-order valence-electron chi connectivity index (χ2n) is 6.00. The van der Waals surface area contributed by atoms with Crippen LogP contribution >= 0.6 is 22.7 Å². The SMILES string of the molecule is CCOC(=O)Cc1csc(NC(=O)c2cnc3sc4c(n3c2=O)CCC4)n1. The number of carbonyl (C=O) groups is 2. The Morgan fingerprint density at radius 3 is 3.04 bits per heavy atom. The van der Waals surface area contributed by atoms with Crippen LogP contribution in [0.1, 0.15) is 40.0 Å². The van der Waals surface area contributed by atoms with Gasteiger partial charge in [-0.05, 0) is 26.2 Å². The first-order valence-electron chi connectivity index (χ1n) is 8.50. The lowest BCUT2D eigenvalue weighted by atomic mass is 10.3. The summed E-state index contributed by atoms with van der Waals surface area (Å²) in [5.74, 6) is -0.934. The number of amides is 1. The van der Waals surface area contributed by atoms with Crippen LogP contribution < -0.4 is 10.9 Å². The van der Waals surface area contributed by atoms with Crippen LogP contribution in [-0.4, -0.2) is 32.9 Å². The summed E-state index contributed by atoms with van der Waals surface area (Å²) >= 11 is 2.69. The molecule has 0 radical (unpaired) electrons. The first-order valence-corrected chi connectivity index (χ1v) is 10.2. The molecule has 1 N–H and O–H groups in total. The van der Waals surface area contributed by atoms with Gasteiger partial charge in [0.05, 0.1) is 18.7 Å². The molecule has 0 spiro atoms. The average Bonchev–Trinajstić information content (AvgIpc) is 3.31. The van der Waals surface area contributed by atoms with Gasteiger partial charge in [-0.2, -0.15) is 0 Å². The van der Waals surface area contributed by atoms with Crippen LogP contribution in [0.3, 0.4) is 0 Å². The molecule has 0 saturated heterocycles. The zero-order valence-electron chi connectivity index (χ0n) is 14.5. The lowest BCUT2D eigenvalue weighted by Gasteiger charge is -2.03. The maximum absolute atomic E-state index is 12.8. The van der Waals surface area contributed by atoms with Gasteiger partial charge in [-0.3, -0.25) is 24.1 Å². The van der Waals surface area contributed by atoms with Crippen molar-refractivity contribution >= 4 is 44.6 Å². The molecule has 3 aromatic rings. The standard InChI is InChI=1S/C17H16N4O4S2/c1-2-25-13(22)6-9-8-26-16(19-9)20-14(23)10-7-18-17-21(15(10)24)11-4-3-5-12(11)27-17/h7-8H,2-6H2,1H3,(H,19,20,23). The highest BCUT2D eigenvalue weighted by molar-refractivity contribution is 7.17. The molecule has 3 aromatic heterocycles. The van der Waals surface area contributed by atoms with Crippen molar-refractivity contribution in [2.45, 2.75) is 32.6 Å². The zero-order chi connectivity index (χ0) is 19.0. The number of aromatic nitrogens is 3. The molecule has 1 aliphatic carbocycles. The molecule has 0 unspecified atom stereocenters. The number of nitrogens with one attached hydrogen (secondary N) is 1. The summed E-state index contributed by atoms with van der Waals surface area (Å²) in [6, 6.07) is 0. The van der Waals surface area contributed by atoms with E-state index in [0.717, 1.165) is 25.0 Å². The molecule has 0 aliphatic heterocycles. The first kappa shape index (κ1) is 17.8. The van der Waals surface area contributed by atoms with Crippen molar-refractivity contribution in [2.24, 2.45) is 0 Å². The highest BCUT2D eigenvalue weighted by Gasteiger charge is 2.23. The average molecular weight is 404 g/mol. The molecular weight excluding hydrogens is 388 g/mol. The van der Waals surface area contributed by atoms with Crippen LogP contribution in [0, 0.1) is 0 Å². The Hall–Kier alpha value is -2.59. The van der Waals surface area contributed by atoms with Crippen molar-refractivity contribution in [3.63, 3.8) is 0 Å². The van der Waals surface area contributed by atoms with E-state index in [2.05, 4.69) is 15.3 Å². The van der Waals surface area contributed by atoms with Gasteiger partial charge in [0.25, 0.3) is 11.5 Å². The molecular formula is C17H16N4O4S2. The van der Waals surface area contributed by atoms with Gasteiger partial charge in [0.1, 0.15) is 5.56 Å². The molecule has 3 heterocycles. The molecule has 4 rings (SSSR count). The van der Waals surface area contributed by atoms with Gasteiger partial charge >= 0.3 is 5.97 Å². The minimum atomic E-state index is -0.558. The summed E-state index contributed by atoms with van der Waals surface area (Å²) in [6.45, 7) is 2.04. The van der Waals surface area contributed by atoms with Crippen molar-refractivity contribution in [3.05, 3.63) is 43.8 Å². The number of ether oxygens (including phenoxy) is 1. The van der Waals surface area contributed by atoms with Crippen LogP contribution in [0.15, 0.2) is 16.4 Å². The van der Waals surface area contributed by atoms with Gasteiger partial charge in [0, 0.05) is 22.1 Å². The Morgan fingerprint density at radius 2 is 2.22 bits per heavy atom. The summed E-state index contributed by atoms with van der Waals surface area (Å²) < 4.78 is 6.43. The number of nitrogens with zero attached hydrogens (tertiary/aromatic N) is 3. The van der Waals surface area contributed by atoms with Gasteiger partial charge in [-0.1, -0.05) is 0 Å². The van der Waals surface area contributed by atoms with Gasteiger partial charge in [-0.15, -0.1) is 22.7 Å². The minimum Gasteiger partial charge on any atom is -0.466 e. The van der Waals surface area contributed by atoms with Crippen LogP contribution in [0.2, 0.25) is 0 Å². The summed E-state index contributed by atoms with van der Waals surface area (Å²) in [5, 5.41) is 4.61. The Labute approximate surface area is 161 Å². The number of carbonyl (C=O) groups excluding carboxylic acids is 2. The van der Waals surface area contributed by atoms with E-state index in [4.69, 9.17) is 4.74 Å².